The van der Waals surface area contributed by atoms with Gasteiger partial charge in [0.2, 0.25) is 0 Å². The van der Waals surface area contributed by atoms with Gasteiger partial charge in [0.25, 0.3) is 5.91 Å². The highest BCUT2D eigenvalue weighted by Gasteiger charge is 2.22. The number of nitrogens with zero attached hydrogens (tertiary/aromatic N) is 2. The van der Waals surface area contributed by atoms with Gasteiger partial charge in [0.05, 0.1) is 17.8 Å². The maximum absolute atomic E-state index is 11.7. The quantitative estimate of drug-likeness (QED) is 0.518. The second kappa shape index (κ2) is 6.53. The van der Waals surface area contributed by atoms with Crippen LogP contribution in [0.15, 0.2) is 11.4 Å². The van der Waals surface area contributed by atoms with Crippen LogP contribution in [0.4, 0.5) is 0 Å². The molecule has 7 nitrogen and oxygen atoms in total. The third kappa shape index (κ3) is 3.56. The van der Waals surface area contributed by atoms with Gasteiger partial charge in [-0.15, -0.1) is 0 Å². The van der Waals surface area contributed by atoms with E-state index in [1.807, 2.05) is 0 Å². The molecule has 0 saturated heterocycles. The lowest BCUT2D eigenvalue weighted by Gasteiger charge is -2.11. The second-order valence-corrected chi connectivity index (χ2v) is 4.28. The van der Waals surface area contributed by atoms with Crippen molar-refractivity contribution in [3.05, 3.63) is 16.9 Å². The maximum Gasteiger partial charge on any atom is 0.328 e. The van der Waals surface area contributed by atoms with E-state index in [1.54, 1.807) is 6.26 Å². The van der Waals surface area contributed by atoms with Gasteiger partial charge >= 0.3 is 5.97 Å². The molecule has 0 aliphatic rings. The number of carbonyl (C=O) groups is 2. The molecule has 0 aliphatic heterocycles. The Kier molecular flexibility index (Phi) is 5.32. The minimum Gasteiger partial charge on any atom is -0.480 e. The predicted molar refractivity (Wildman–Crippen MR) is 64.8 cm³/mol. The molecule has 0 aliphatic carbocycles. The van der Waals surface area contributed by atoms with Crippen molar-refractivity contribution in [2.45, 2.75) is 11.2 Å². The number of aromatic nitrogens is 2. The van der Waals surface area contributed by atoms with Gasteiger partial charge in [-0.3, -0.25) is 4.79 Å². The number of aliphatic carboxylic acids is 1. The highest BCUT2D eigenvalue weighted by molar-refractivity contribution is 7.98. The van der Waals surface area contributed by atoms with Gasteiger partial charge in [-0.05, 0) is 6.26 Å². The zero-order chi connectivity index (χ0) is 13.7. The standard InChI is InChI=1S/C9H10ClN3O4S/c1-18-9-11-2-4(10)6(13-9)7(15)12-5(3-14)8(16)17/h2,5,14H,3H2,1H3,(H,12,15)(H,16,17)/t5-/m0/s1. The Bertz CT molecular complexity index is 471. The molecule has 1 aromatic rings. The van der Waals surface area contributed by atoms with Gasteiger partial charge in [-0.1, -0.05) is 23.4 Å². The number of hydrogen-bond acceptors (Lipinski definition) is 6. The highest BCUT2D eigenvalue weighted by atomic mass is 35.5. The second-order valence-electron chi connectivity index (χ2n) is 3.10. The molecule has 0 bridgehead atoms. The fraction of sp³-hybridized carbons (Fsp3) is 0.333. The van der Waals surface area contributed by atoms with Crippen molar-refractivity contribution in [3.8, 4) is 0 Å². The van der Waals surface area contributed by atoms with Crippen molar-refractivity contribution >= 4 is 35.2 Å². The van der Waals surface area contributed by atoms with E-state index in [-0.39, 0.29) is 10.7 Å². The summed E-state index contributed by atoms with van der Waals surface area (Å²) in [6, 6.07) is -1.40. The van der Waals surface area contributed by atoms with Crippen LogP contribution in [0.3, 0.4) is 0 Å². The Labute approximate surface area is 112 Å². The smallest absolute Gasteiger partial charge is 0.328 e. The molecule has 0 saturated carbocycles. The first kappa shape index (κ1) is 14.7. The zero-order valence-electron chi connectivity index (χ0n) is 9.25. The van der Waals surface area contributed by atoms with Crippen molar-refractivity contribution in [2.75, 3.05) is 12.9 Å². The van der Waals surface area contributed by atoms with Gasteiger partial charge in [0, 0.05) is 0 Å². The van der Waals surface area contributed by atoms with Gasteiger partial charge in [0.1, 0.15) is 0 Å². The highest BCUT2D eigenvalue weighted by Crippen LogP contribution is 2.16. The van der Waals surface area contributed by atoms with Crippen molar-refractivity contribution in [2.24, 2.45) is 0 Å². The first-order valence-electron chi connectivity index (χ1n) is 4.70. The van der Waals surface area contributed by atoms with Gasteiger partial charge in [-0.25, -0.2) is 14.8 Å². The molecular formula is C9H10ClN3O4S. The number of halogens is 1. The summed E-state index contributed by atoms with van der Waals surface area (Å²) in [5, 5.41) is 19.9. The maximum atomic E-state index is 11.7. The monoisotopic (exact) mass is 291 g/mol. The van der Waals surface area contributed by atoms with E-state index in [9.17, 15) is 9.59 Å². The van der Waals surface area contributed by atoms with E-state index >= 15 is 0 Å². The third-order valence-electron chi connectivity index (χ3n) is 1.91. The summed E-state index contributed by atoms with van der Waals surface area (Å²) in [6.45, 7) is -0.723. The van der Waals surface area contributed by atoms with Crippen LogP contribution < -0.4 is 5.32 Å². The number of thioether (sulfide) groups is 1. The number of amides is 1. The number of hydrogen-bond donors (Lipinski definition) is 3. The summed E-state index contributed by atoms with van der Waals surface area (Å²) >= 11 is 6.96. The number of carboxylic acid groups (broad SMARTS) is 1. The molecule has 0 radical (unpaired) electrons. The van der Waals surface area contributed by atoms with Gasteiger partial charge in [0.15, 0.2) is 16.9 Å². The van der Waals surface area contributed by atoms with Crippen LogP contribution in [0, 0.1) is 0 Å². The largest absolute Gasteiger partial charge is 0.480 e. The number of carbonyl (C=O) groups excluding carboxylic acids is 1. The summed E-state index contributed by atoms with van der Waals surface area (Å²) in [7, 11) is 0. The normalized spacial score (nSPS) is 11.9. The van der Waals surface area contributed by atoms with E-state index < -0.39 is 24.5 Å². The summed E-state index contributed by atoms with van der Waals surface area (Å²) < 4.78 is 0. The van der Waals surface area contributed by atoms with Crippen LogP contribution in [0.2, 0.25) is 5.02 Å². The topological polar surface area (TPSA) is 112 Å². The summed E-state index contributed by atoms with van der Waals surface area (Å²) in [4.78, 5) is 30.1. The number of rotatable bonds is 5. The SMILES string of the molecule is CSc1ncc(Cl)c(C(=O)N[C@@H](CO)C(=O)O)n1. The molecule has 0 unspecified atom stereocenters. The molecule has 1 aromatic heterocycles. The lowest BCUT2D eigenvalue weighted by Crippen LogP contribution is -2.43. The fourth-order valence-corrected chi connectivity index (χ4v) is 1.54. The molecular weight excluding hydrogens is 282 g/mol. The Balaban J connectivity index is 2.93. The first-order valence-corrected chi connectivity index (χ1v) is 6.31. The Morgan fingerprint density at radius 2 is 2.28 bits per heavy atom. The average molecular weight is 292 g/mol. The molecule has 0 spiro atoms. The zero-order valence-corrected chi connectivity index (χ0v) is 10.8. The number of nitrogens with one attached hydrogen (secondary N) is 1. The van der Waals surface area contributed by atoms with E-state index in [1.165, 1.54) is 18.0 Å². The van der Waals surface area contributed by atoms with Crippen molar-refractivity contribution in [1.29, 1.82) is 0 Å². The Hall–Kier alpha value is -1.38. The molecule has 1 atom stereocenters. The summed E-state index contributed by atoms with van der Waals surface area (Å²) in [5.74, 6) is -2.12. The number of carboxylic acids is 1. The van der Waals surface area contributed by atoms with E-state index in [4.69, 9.17) is 21.8 Å². The molecule has 1 amide bonds. The Morgan fingerprint density at radius 3 is 2.78 bits per heavy atom. The summed E-state index contributed by atoms with van der Waals surface area (Å²) in [5.41, 5.74) is -0.129. The fourth-order valence-electron chi connectivity index (χ4n) is 1.02. The molecule has 0 aromatic carbocycles. The van der Waals surface area contributed by atoms with Crippen LogP contribution in [-0.4, -0.2) is 51.0 Å². The van der Waals surface area contributed by atoms with Crippen LogP contribution in [0.5, 0.6) is 0 Å². The van der Waals surface area contributed by atoms with Crippen LogP contribution in [0.1, 0.15) is 10.5 Å². The molecule has 1 rings (SSSR count). The van der Waals surface area contributed by atoms with Crippen molar-refractivity contribution in [3.63, 3.8) is 0 Å². The first-order chi connectivity index (χ1) is 8.49. The van der Waals surface area contributed by atoms with E-state index in [2.05, 4.69) is 15.3 Å². The molecule has 1 heterocycles. The molecule has 0 fully saturated rings. The molecule has 98 valence electrons. The van der Waals surface area contributed by atoms with Crippen LogP contribution >= 0.6 is 23.4 Å². The minimum atomic E-state index is -1.40. The van der Waals surface area contributed by atoms with Gasteiger partial charge in [-0.2, -0.15) is 0 Å². The average Bonchev–Trinajstić information content (AvgIpc) is 2.35. The third-order valence-corrected chi connectivity index (χ3v) is 2.74. The van der Waals surface area contributed by atoms with E-state index in [0.717, 1.165) is 0 Å². The molecule has 9 heteroatoms. The molecule has 18 heavy (non-hydrogen) atoms. The van der Waals surface area contributed by atoms with Crippen LogP contribution in [0.25, 0.3) is 0 Å². The van der Waals surface area contributed by atoms with E-state index in [0.29, 0.717) is 5.16 Å². The number of aliphatic hydroxyl groups is 1. The predicted octanol–water partition coefficient (Wildman–Crippen LogP) is 0.0272. The lowest BCUT2D eigenvalue weighted by atomic mass is 10.3. The van der Waals surface area contributed by atoms with Crippen molar-refractivity contribution in [1.82, 2.24) is 15.3 Å². The number of aliphatic hydroxyl groups excluding tert-OH is 1. The minimum absolute atomic E-state index is 0.00683. The lowest BCUT2D eigenvalue weighted by molar-refractivity contribution is -0.140. The summed E-state index contributed by atoms with van der Waals surface area (Å²) in [6.07, 6.45) is 2.97. The molecule has 3 N–H and O–H groups in total. The Morgan fingerprint density at radius 1 is 1.61 bits per heavy atom. The van der Waals surface area contributed by atoms with Gasteiger partial charge < -0.3 is 15.5 Å². The van der Waals surface area contributed by atoms with Crippen molar-refractivity contribution < 1.29 is 19.8 Å². The van der Waals surface area contributed by atoms with Crippen LogP contribution in [-0.2, 0) is 4.79 Å².